The van der Waals surface area contributed by atoms with Gasteiger partial charge in [0.1, 0.15) is 11.9 Å². The second-order valence-electron chi connectivity index (χ2n) is 9.42. The molecule has 1 saturated carbocycles. The quantitative estimate of drug-likeness (QED) is 0.404. The zero-order valence-electron chi connectivity index (χ0n) is 20.1. The first-order valence-electron chi connectivity index (χ1n) is 12.1. The van der Waals surface area contributed by atoms with Gasteiger partial charge in [0.2, 0.25) is 5.91 Å². The van der Waals surface area contributed by atoms with E-state index in [1.807, 2.05) is 42.2 Å². The molecule has 1 aliphatic heterocycles. The van der Waals surface area contributed by atoms with E-state index in [2.05, 4.69) is 11.0 Å². The van der Waals surface area contributed by atoms with Crippen molar-refractivity contribution in [1.29, 1.82) is 5.26 Å². The number of carbonyl (C=O) groups is 1. The van der Waals surface area contributed by atoms with Crippen LogP contribution in [0.4, 0.5) is 5.82 Å². The summed E-state index contributed by atoms with van der Waals surface area (Å²) in [7, 11) is 1.60. The summed E-state index contributed by atoms with van der Waals surface area (Å²) in [5, 5.41) is 23.7. The van der Waals surface area contributed by atoms with Crippen molar-refractivity contribution in [2.24, 2.45) is 0 Å². The molecule has 2 fully saturated rings. The van der Waals surface area contributed by atoms with Crippen LogP contribution in [0, 0.1) is 16.5 Å². The fraction of sp³-hybridized carbons (Fsp3) is 0.407. The molecule has 3 aromatic rings. The number of fused-ring (bicyclic) bond motifs is 1. The van der Waals surface area contributed by atoms with Gasteiger partial charge in [-0.25, -0.2) is 4.98 Å². The Labute approximate surface area is 204 Å². The van der Waals surface area contributed by atoms with Crippen LogP contribution in [-0.2, 0) is 9.53 Å². The van der Waals surface area contributed by atoms with Gasteiger partial charge in [-0.15, -0.1) is 0 Å². The average molecular weight is 472 g/mol. The van der Waals surface area contributed by atoms with Crippen molar-refractivity contribution in [2.75, 3.05) is 38.3 Å². The maximum Gasteiger partial charge on any atom is 0.225 e. The van der Waals surface area contributed by atoms with Crippen LogP contribution < -0.4 is 9.63 Å². The monoisotopic (exact) mass is 471 g/mol. The second-order valence-corrected chi connectivity index (χ2v) is 9.42. The molecule has 0 bridgehead atoms. The summed E-state index contributed by atoms with van der Waals surface area (Å²) in [4.78, 5) is 21.7. The molecule has 1 aliphatic carbocycles. The molecule has 180 valence electrons. The highest BCUT2D eigenvalue weighted by atomic mass is 16.5. The van der Waals surface area contributed by atoms with Gasteiger partial charge in [0.05, 0.1) is 24.3 Å². The van der Waals surface area contributed by atoms with Crippen molar-refractivity contribution in [3.05, 3.63) is 59.2 Å². The lowest BCUT2D eigenvalue weighted by atomic mass is 9.95. The van der Waals surface area contributed by atoms with Crippen LogP contribution in [0.2, 0.25) is 0 Å². The van der Waals surface area contributed by atoms with Crippen molar-refractivity contribution in [3.63, 3.8) is 0 Å². The number of amides is 1. The van der Waals surface area contributed by atoms with Gasteiger partial charge in [0.15, 0.2) is 12.4 Å². The van der Waals surface area contributed by atoms with E-state index in [0.29, 0.717) is 50.0 Å². The summed E-state index contributed by atoms with van der Waals surface area (Å²) < 4.78 is 5.86. The molecule has 0 N–H and O–H groups in total. The normalized spacial score (nSPS) is 18.0. The number of benzene rings is 1. The van der Waals surface area contributed by atoms with Crippen LogP contribution in [0.5, 0.6) is 0 Å². The van der Waals surface area contributed by atoms with Crippen molar-refractivity contribution < 1.29 is 14.3 Å². The molecule has 1 amide bonds. The van der Waals surface area contributed by atoms with E-state index in [-0.39, 0.29) is 11.9 Å². The number of ether oxygens (including phenoxy) is 1. The van der Waals surface area contributed by atoms with E-state index in [9.17, 15) is 15.3 Å². The summed E-state index contributed by atoms with van der Waals surface area (Å²) >= 11 is 0. The first-order chi connectivity index (χ1) is 17.0. The summed E-state index contributed by atoms with van der Waals surface area (Å²) in [5.41, 5.74) is 3.49. The summed E-state index contributed by atoms with van der Waals surface area (Å²) in [5.74, 6) is 1.16. The Morgan fingerprint density at radius 1 is 1.29 bits per heavy atom. The molecule has 8 nitrogen and oxygen atoms in total. The van der Waals surface area contributed by atoms with Crippen LogP contribution in [0.25, 0.3) is 21.9 Å². The first kappa shape index (κ1) is 23.1. The first-order valence-corrected chi connectivity index (χ1v) is 12.1. The van der Waals surface area contributed by atoms with Crippen molar-refractivity contribution in [2.45, 2.75) is 38.1 Å². The molecule has 1 saturated heterocycles. The van der Waals surface area contributed by atoms with Crippen LogP contribution in [0.1, 0.15) is 43.4 Å². The molecule has 1 aromatic carbocycles. The van der Waals surface area contributed by atoms with Crippen molar-refractivity contribution >= 4 is 22.5 Å². The number of piperazine rings is 1. The minimum atomic E-state index is 0.0161. The zero-order chi connectivity index (χ0) is 24.5. The lowest BCUT2D eigenvalue weighted by Gasteiger charge is -2.41. The number of hydrogen-bond acceptors (Lipinski definition) is 6. The number of carbonyl (C=O) groups excluding carboxylic acids is 1. The molecule has 0 radical (unpaired) electrons. The van der Waals surface area contributed by atoms with Crippen LogP contribution in [0.3, 0.4) is 0 Å². The Balaban J connectivity index is 1.51. The Hall–Kier alpha value is -3.70. The predicted molar refractivity (Wildman–Crippen MR) is 133 cm³/mol. The molecule has 5 rings (SSSR count). The fourth-order valence-electron chi connectivity index (χ4n) is 5.02. The molecule has 2 aromatic heterocycles. The van der Waals surface area contributed by atoms with E-state index >= 15 is 0 Å². The average Bonchev–Trinajstić information content (AvgIpc) is 3.71. The molecular weight excluding hydrogens is 442 g/mol. The summed E-state index contributed by atoms with van der Waals surface area (Å²) in [6, 6.07) is 12.1. The lowest BCUT2D eigenvalue weighted by molar-refractivity contribution is -0.603. The summed E-state index contributed by atoms with van der Waals surface area (Å²) in [6.07, 6.45) is 5.60. The molecular formula is C27H29N5O3. The number of anilines is 1. The van der Waals surface area contributed by atoms with Gasteiger partial charge in [-0.3, -0.25) is 4.79 Å². The SMILES string of the molecule is COCCC(=O)N1CCN(c2nc(C3CC3)c(-c3cccc4c[n+]([O-])ccc34)cc2C#N)CC1C. The number of hydrogen-bond donors (Lipinski definition) is 0. The second kappa shape index (κ2) is 9.51. The van der Waals surface area contributed by atoms with Gasteiger partial charge in [0, 0.05) is 61.1 Å². The van der Waals surface area contributed by atoms with Crippen molar-refractivity contribution in [3.8, 4) is 17.2 Å². The molecule has 2 aliphatic rings. The van der Waals surface area contributed by atoms with Gasteiger partial charge in [-0.2, -0.15) is 9.99 Å². The Kier molecular flexibility index (Phi) is 6.27. The van der Waals surface area contributed by atoms with Crippen LogP contribution in [0.15, 0.2) is 42.7 Å². The fourth-order valence-corrected chi connectivity index (χ4v) is 5.02. The van der Waals surface area contributed by atoms with Gasteiger partial charge < -0.3 is 19.7 Å². The number of rotatable bonds is 6. The molecule has 0 spiro atoms. The minimum Gasteiger partial charge on any atom is -0.619 e. The number of methoxy groups -OCH3 is 1. The molecule has 8 heteroatoms. The maximum atomic E-state index is 12.6. The highest BCUT2D eigenvalue weighted by Crippen LogP contribution is 2.46. The smallest absolute Gasteiger partial charge is 0.225 e. The van der Waals surface area contributed by atoms with Gasteiger partial charge >= 0.3 is 0 Å². The van der Waals surface area contributed by atoms with Gasteiger partial charge in [-0.1, -0.05) is 12.1 Å². The van der Waals surface area contributed by atoms with Crippen LogP contribution in [-0.4, -0.2) is 55.2 Å². The largest absolute Gasteiger partial charge is 0.619 e. The number of nitriles is 1. The lowest BCUT2D eigenvalue weighted by Crippen LogP contribution is -2.54. The molecule has 35 heavy (non-hydrogen) atoms. The van der Waals surface area contributed by atoms with Gasteiger partial charge in [-0.05, 0) is 37.5 Å². The van der Waals surface area contributed by atoms with E-state index in [4.69, 9.17) is 9.72 Å². The Morgan fingerprint density at radius 2 is 2.11 bits per heavy atom. The highest BCUT2D eigenvalue weighted by Gasteiger charge is 2.33. The maximum absolute atomic E-state index is 12.6. The van der Waals surface area contributed by atoms with Crippen LogP contribution >= 0.6 is 0 Å². The van der Waals surface area contributed by atoms with E-state index < -0.39 is 0 Å². The molecule has 1 unspecified atom stereocenters. The molecule has 3 heterocycles. The summed E-state index contributed by atoms with van der Waals surface area (Å²) in [6.45, 7) is 4.31. The predicted octanol–water partition coefficient (Wildman–Crippen LogP) is 3.36. The third kappa shape index (κ3) is 4.52. The third-order valence-corrected chi connectivity index (χ3v) is 6.97. The number of pyridine rings is 2. The topological polar surface area (TPSA) is 96.4 Å². The van der Waals surface area contributed by atoms with Gasteiger partial charge in [0.25, 0.3) is 0 Å². The zero-order valence-corrected chi connectivity index (χ0v) is 20.1. The number of nitrogens with zero attached hydrogens (tertiary/aromatic N) is 5. The van der Waals surface area contributed by atoms with E-state index in [0.717, 1.165) is 45.2 Å². The Morgan fingerprint density at radius 3 is 2.83 bits per heavy atom. The Bertz CT molecular complexity index is 1310. The number of aromatic nitrogens is 2. The third-order valence-electron chi connectivity index (χ3n) is 6.97. The highest BCUT2D eigenvalue weighted by molar-refractivity contribution is 5.97. The minimum absolute atomic E-state index is 0.0161. The van der Waals surface area contributed by atoms with E-state index in [1.165, 1.54) is 6.20 Å². The standard InChI is InChI=1S/C27H29N5O3/c1-18-16-30(11-12-32(18)25(33)9-13-35-2)27-21(15-28)14-24(26(29-27)19-6-7-19)23-5-3-4-20-17-31(34)10-8-22(20)23/h3-5,8,10,14,17-19H,6-7,9,11-13,16H2,1-2H3. The van der Waals surface area contributed by atoms with E-state index in [1.54, 1.807) is 13.3 Å². The molecule has 1 atom stereocenters. The van der Waals surface area contributed by atoms with Crippen molar-refractivity contribution in [1.82, 2.24) is 9.88 Å².